The minimum Gasteiger partial charge on any atom is -0.316 e. The van der Waals surface area contributed by atoms with Gasteiger partial charge in [-0.1, -0.05) is 17.8 Å². The lowest BCUT2D eigenvalue weighted by molar-refractivity contribution is 0.692. The summed E-state index contributed by atoms with van der Waals surface area (Å²) in [6.07, 6.45) is 0. The van der Waals surface area contributed by atoms with Crippen molar-refractivity contribution < 1.29 is 0 Å². The maximum atomic E-state index is 4.35. The second-order valence-electron chi connectivity index (χ2n) is 4.14. The average Bonchev–Trinajstić information content (AvgIpc) is 2.62. The molecule has 0 unspecified atom stereocenters. The van der Waals surface area contributed by atoms with Gasteiger partial charge in [0.2, 0.25) is 0 Å². The number of halogens is 1. The Hall–Kier alpha value is -0.780. The number of aryl methyl sites for hydroxylation is 2. The van der Waals surface area contributed by atoms with Gasteiger partial charge in [0.25, 0.3) is 0 Å². The van der Waals surface area contributed by atoms with Crippen LogP contribution in [0.1, 0.15) is 11.3 Å². The van der Waals surface area contributed by atoms with E-state index in [1.165, 1.54) is 10.5 Å². The molecule has 0 aliphatic heterocycles. The van der Waals surface area contributed by atoms with Crippen molar-refractivity contribution in [3.63, 3.8) is 0 Å². The lowest BCUT2D eigenvalue weighted by Gasteiger charge is -2.07. The van der Waals surface area contributed by atoms with Crippen molar-refractivity contribution in [1.82, 2.24) is 15.1 Å². The van der Waals surface area contributed by atoms with E-state index in [-0.39, 0.29) is 0 Å². The Bertz CT molecular complexity index is 551. The van der Waals surface area contributed by atoms with Crippen LogP contribution in [0.4, 0.5) is 0 Å². The van der Waals surface area contributed by atoms with Gasteiger partial charge in [-0.05, 0) is 53.7 Å². The van der Waals surface area contributed by atoms with Crippen LogP contribution in [-0.4, -0.2) is 16.8 Å². The van der Waals surface area contributed by atoms with Crippen molar-refractivity contribution in [2.24, 2.45) is 7.05 Å². The molecule has 1 N–H and O–H groups in total. The van der Waals surface area contributed by atoms with Crippen molar-refractivity contribution in [3.8, 4) is 0 Å². The standard InChI is InChI=1S/C13H16BrN3S/c1-9-6-13(17(3)16-9)18-12-5-4-10(8-15-2)7-11(12)14/h4-7,15H,8H2,1-3H3. The van der Waals surface area contributed by atoms with Crippen LogP contribution >= 0.6 is 27.7 Å². The minimum absolute atomic E-state index is 0.883. The van der Waals surface area contributed by atoms with Crippen molar-refractivity contribution >= 4 is 27.7 Å². The summed E-state index contributed by atoms with van der Waals surface area (Å²) < 4.78 is 3.03. The first-order valence-corrected chi connectivity index (χ1v) is 7.32. The molecule has 0 atom stereocenters. The predicted octanol–water partition coefficient (Wildman–Crippen LogP) is 3.36. The summed E-state index contributed by atoms with van der Waals surface area (Å²) in [5.74, 6) is 0. The van der Waals surface area contributed by atoms with Gasteiger partial charge in [0, 0.05) is 23.0 Å². The fraction of sp³-hybridized carbons (Fsp3) is 0.308. The van der Waals surface area contributed by atoms with Crippen LogP contribution in [0.5, 0.6) is 0 Å². The van der Waals surface area contributed by atoms with Crippen LogP contribution in [0.15, 0.2) is 38.7 Å². The summed E-state index contributed by atoms with van der Waals surface area (Å²) in [7, 11) is 3.92. The third-order valence-electron chi connectivity index (χ3n) is 2.55. The summed E-state index contributed by atoms with van der Waals surface area (Å²) in [6, 6.07) is 8.54. The molecule has 1 aromatic heterocycles. The molecular weight excluding hydrogens is 310 g/mol. The molecule has 0 radical (unpaired) electrons. The van der Waals surface area contributed by atoms with Crippen molar-refractivity contribution in [2.75, 3.05) is 7.05 Å². The highest BCUT2D eigenvalue weighted by Gasteiger charge is 2.07. The monoisotopic (exact) mass is 325 g/mol. The number of aromatic nitrogens is 2. The Kier molecular flexibility index (Phi) is 4.48. The summed E-state index contributed by atoms with van der Waals surface area (Å²) >= 11 is 5.35. The first-order chi connectivity index (χ1) is 8.60. The van der Waals surface area contributed by atoms with Gasteiger partial charge in [-0.25, -0.2) is 0 Å². The van der Waals surface area contributed by atoms with E-state index in [0.29, 0.717) is 0 Å². The van der Waals surface area contributed by atoms with Gasteiger partial charge in [0.1, 0.15) is 0 Å². The fourth-order valence-electron chi connectivity index (χ4n) is 1.74. The molecule has 0 bridgehead atoms. The minimum atomic E-state index is 0.883. The molecule has 0 amide bonds. The lowest BCUT2D eigenvalue weighted by atomic mass is 10.2. The molecule has 1 heterocycles. The molecular formula is C13H16BrN3S. The first-order valence-electron chi connectivity index (χ1n) is 5.71. The molecule has 96 valence electrons. The molecule has 0 fully saturated rings. The largest absolute Gasteiger partial charge is 0.316 e. The quantitative estimate of drug-likeness (QED) is 0.934. The van der Waals surface area contributed by atoms with E-state index < -0.39 is 0 Å². The smallest absolute Gasteiger partial charge is 0.0987 e. The van der Waals surface area contributed by atoms with Gasteiger partial charge in [-0.2, -0.15) is 5.10 Å². The molecule has 5 heteroatoms. The fourth-order valence-corrected chi connectivity index (χ4v) is 3.33. The Labute approximate surface area is 120 Å². The molecule has 0 aliphatic rings. The van der Waals surface area contributed by atoms with Gasteiger partial charge < -0.3 is 5.32 Å². The zero-order valence-corrected chi connectivity index (χ0v) is 13.1. The van der Waals surface area contributed by atoms with Crippen LogP contribution < -0.4 is 5.32 Å². The molecule has 0 spiro atoms. The summed E-state index contributed by atoms with van der Waals surface area (Å²) in [6.45, 7) is 2.89. The number of hydrogen-bond acceptors (Lipinski definition) is 3. The zero-order chi connectivity index (χ0) is 13.1. The van der Waals surface area contributed by atoms with Gasteiger partial charge in [0.15, 0.2) is 0 Å². The van der Waals surface area contributed by atoms with Crippen LogP contribution in [0, 0.1) is 6.92 Å². The Balaban J connectivity index is 2.21. The van der Waals surface area contributed by atoms with Gasteiger partial charge in [-0.15, -0.1) is 0 Å². The third kappa shape index (κ3) is 3.16. The second-order valence-corrected chi connectivity index (χ2v) is 6.06. The highest BCUT2D eigenvalue weighted by atomic mass is 79.9. The number of benzene rings is 1. The maximum Gasteiger partial charge on any atom is 0.0987 e. The molecule has 0 saturated carbocycles. The van der Waals surface area contributed by atoms with Crippen molar-refractivity contribution in [2.45, 2.75) is 23.4 Å². The third-order valence-corrected chi connectivity index (χ3v) is 4.64. The van der Waals surface area contributed by atoms with Gasteiger partial charge in [0.05, 0.1) is 10.7 Å². The highest BCUT2D eigenvalue weighted by Crippen LogP contribution is 2.34. The zero-order valence-electron chi connectivity index (χ0n) is 10.7. The maximum absolute atomic E-state index is 4.35. The van der Waals surface area contributed by atoms with E-state index in [0.717, 1.165) is 21.7 Å². The number of nitrogens with zero attached hydrogens (tertiary/aromatic N) is 2. The van der Waals surface area contributed by atoms with Crippen LogP contribution in [0.25, 0.3) is 0 Å². The van der Waals surface area contributed by atoms with Crippen molar-refractivity contribution in [1.29, 1.82) is 0 Å². The first kappa shape index (κ1) is 13.6. The van der Waals surface area contributed by atoms with E-state index in [2.05, 4.69) is 50.6 Å². The topological polar surface area (TPSA) is 29.9 Å². The molecule has 2 aromatic rings. The Morgan fingerprint density at radius 2 is 2.17 bits per heavy atom. The molecule has 1 aromatic carbocycles. The molecule has 0 saturated heterocycles. The summed E-state index contributed by atoms with van der Waals surface area (Å²) in [4.78, 5) is 1.21. The Morgan fingerprint density at radius 1 is 1.39 bits per heavy atom. The van der Waals surface area contributed by atoms with Crippen LogP contribution in [0.3, 0.4) is 0 Å². The molecule has 2 rings (SSSR count). The van der Waals surface area contributed by atoms with E-state index in [1.54, 1.807) is 11.8 Å². The summed E-state index contributed by atoms with van der Waals surface area (Å²) in [5, 5.41) is 8.65. The van der Waals surface area contributed by atoms with Crippen molar-refractivity contribution in [3.05, 3.63) is 40.0 Å². The predicted molar refractivity (Wildman–Crippen MR) is 79.0 cm³/mol. The SMILES string of the molecule is CNCc1ccc(Sc2cc(C)nn2C)c(Br)c1. The Morgan fingerprint density at radius 3 is 2.72 bits per heavy atom. The second kappa shape index (κ2) is 5.91. The lowest BCUT2D eigenvalue weighted by Crippen LogP contribution is -2.04. The van der Waals surface area contributed by atoms with Crippen LogP contribution in [0.2, 0.25) is 0 Å². The average molecular weight is 326 g/mol. The molecule has 3 nitrogen and oxygen atoms in total. The van der Waals surface area contributed by atoms with E-state index in [9.17, 15) is 0 Å². The normalized spacial score (nSPS) is 10.9. The highest BCUT2D eigenvalue weighted by molar-refractivity contribution is 9.10. The number of hydrogen-bond donors (Lipinski definition) is 1. The number of rotatable bonds is 4. The summed E-state index contributed by atoms with van der Waals surface area (Å²) in [5.41, 5.74) is 2.32. The van der Waals surface area contributed by atoms with Gasteiger partial charge >= 0.3 is 0 Å². The van der Waals surface area contributed by atoms with E-state index >= 15 is 0 Å². The number of nitrogens with one attached hydrogen (secondary N) is 1. The van der Waals surface area contributed by atoms with E-state index in [1.807, 2.05) is 25.7 Å². The van der Waals surface area contributed by atoms with E-state index in [4.69, 9.17) is 0 Å². The molecule has 0 aliphatic carbocycles. The van der Waals surface area contributed by atoms with Crippen LogP contribution in [-0.2, 0) is 13.6 Å². The molecule has 18 heavy (non-hydrogen) atoms. The van der Waals surface area contributed by atoms with Gasteiger partial charge in [-0.3, -0.25) is 4.68 Å².